The molecule has 66 valence electrons. The summed E-state index contributed by atoms with van der Waals surface area (Å²) in [6.07, 6.45) is -4.36. The molecule has 2 atom stereocenters. The number of nitrogens with zero attached hydrogens (tertiary/aromatic N) is 1. The van der Waals surface area contributed by atoms with Crippen LogP contribution < -0.4 is 0 Å². The van der Waals surface area contributed by atoms with E-state index in [0.717, 1.165) is 7.05 Å². The summed E-state index contributed by atoms with van der Waals surface area (Å²) in [6, 6.07) is -1.73. The van der Waals surface area contributed by atoms with Crippen molar-refractivity contribution in [1.82, 2.24) is 4.31 Å². The van der Waals surface area contributed by atoms with E-state index in [-0.39, 0.29) is 0 Å². The Morgan fingerprint density at radius 1 is 1.64 bits per heavy atom. The first-order chi connectivity index (χ1) is 4.93. The summed E-state index contributed by atoms with van der Waals surface area (Å²) >= 11 is -1.93. The summed E-state index contributed by atoms with van der Waals surface area (Å²) in [7, 11) is 1.11. The Morgan fingerprint density at radius 3 is 2.36 bits per heavy atom. The topological polar surface area (TPSA) is 29.5 Å². The lowest BCUT2D eigenvalue weighted by Crippen LogP contribution is -2.40. The van der Waals surface area contributed by atoms with Crippen LogP contribution in [0.1, 0.15) is 0 Å². The van der Waals surface area contributed by atoms with Crippen molar-refractivity contribution < 1.29 is 21.6 Å². The van der Waals surface area contributed by atoms with Crippen LogP contribution >= 0.6 is 0 Å². The van der Waals surface area contributed by atoms with Gasteiger partial charge in [-0.25, -0.2) is 4.21 Å². The molecule has 3 nitrogen and oxygen atoms in total. The zero-order valence-electron chi connectivity index (χ0n) is 5.59. The summed E-state index contributed by atoms with van der Waals surface area (Å²) < 4.78 is 51.3. The Bertz CT molecular complexity index is 183. The zero-order chi connectivity index (χ0) is 8.65. The van der Waals surface area contributed by atoms with Crippen LogP contribution in [0.2, 0.25) is 0 Å². The van der Waals surface area contributed by atoms with Gasteiger partial charge in [0.15, 0.2) is 0 Å². The predicted octanol–water partition coefficient (Wildman–Crippen LogP) is 0.458. The fourth-order valence-corrected chi connectivity index (χ4v) is 1.52. The molecule has 0 aromatic carbocycles. The average Bonchev–Trinajstić information content (AvgIpc) is 2.11. The SMILES string of the molecule is CN1C(C(F)(F)F)COS1=O. The first-order valence-corrected chi connectivity index (χ1v) is 3.81. The Morgan fingerprint density at radius 2 is 2.18 bits per heavy atom. The lowest BCUT2D eigenvalue weighted by Gasteiger charge is -2.17. The molecule has 1 heterocycles. The molecule has 0 aromatic heterocycles. The molecule has 0 spiro atoms. The van der Waals surface area contributed by atoms with Crippen LogP contribution in [-0.4, -0.2) is 34.4 Å². The third-order valence-electron chi connectivity index (χ3n) is 1.38. The van der Waals surface area contributed by atoms with E-state index in [4.69, 9.17) is 0 Å². The van der Waals surface area contributed by atoms with Crippen LogP contribution in [0.15, 0.2) is 0 Å². The Balaban J connectivity index is 2.70. The third-order valence-corrected chi connectivity index (χ3v) is 2.44. The number of hydrogen-bond acceptors (Lipinski definition) is 2. The molecule has 0 aromatic rings. The van der Waals surface area contributed by atoms with E-state index in [0.29, 0.717) is 4.31 Å². The molecule has 11 heavy (non-hydrogen) atoms. The second kappa shape index (κ2) is 2.72. The van der Waals surface area contributed by atoms with Crippen LogP contribution in [0.5, 0.6) is 0 Å². The van der Waals surface area contributed by atoms with Gasteiger partial charge in [0.05, 0.1) is 6.61 Å². The van der Waals surface area contributed by atoms with E-state index >= 15 is 0 Å². The second-order valence-electron chi connectivity index (χ2n) is 2.11. The molecule has 0 N–H and O–H groups in total. The largest absolute Gasteiger partial charge is 0.407 e. The minimum atomic E-state index is -4.36. The maximum absolute atomic E-state index is 11.9. The number of alkyl halides is 3. The predicted molar refractivity (Wildman–Crippen MR) is 31.7 cm³/mol. The van der Waals surface area contributed by atoms with Crippen LogP contribution in [-0.2, 0) is 15.4 Å². The van der Waals surface area contributed by atoms with Crippen molar-refractivity contribution in [3.05, 3.63) is 0 Å². The molecule has 0 aliphatic carbocycles. The quantitative estimate of drug-likeness (QED) is 0.554. The van der Waals surface area contributed by atoms with Gasteiger partial charge in [-0.15, -0.1) is 0 Å². The van der Waals surface area contributed by atoms with Crippen LogP contribution in [0.4, 0.5) is 13.2 Å². The number of hydrogen-bond donors (Lipinski definition) is 0. The molecular formula is C4H6F3NO2S. The van der Waals surface area contributed by atoms with Gasteiger partial charge in [0.25, 0.3) is 0 Å². The third kappa shape index (κ3) is 1.71. The molecule has 0 amide bonds. The Labute approximate surface area is 63.9 Å². The van der Waals surface area contributed by atoms with E-state index < -0.39 is 30.1 Å². The monoisotopic (exact) mass is 189 g/mol. The van der Waals surface area contributed by atoms with Crippen LogP contribution in [0.25, 0.3) is 0 Å². The summed E-state index contributed by atoms with van der Waals surface area (Å²) in [5, 5.41) is 0. The average molecular weight is 189 g/mol. The fraction of sp³-hybridized carbons (Fsp3) is 1.00. The van der Waals surface area contributed by atoms with Gasteiger partial charge in [-0.1, -0.05) is 0 Å². The Kier molecular flexibility index (Phi) is 2.22. The molecule has 1 saturated heterocycles. The molecular weight excluding hydrogens is 183 g/mol. The van der Waals surface area contributed by atoms with E-state index in [1.54, 1.807) is 0 Å². The van der Waals surface area contributed by atoms with Gasteiger partial charge in [0.1, 0.15) is 6.04 Å². The van der Waals surface area contributed by atoms with Gasteiger partial charge >= 0.3 is 6.18 Å². The van der Waals surface area contributed by atoms with E-state index in [9.17, 15) is 17.4 Å². The van der Waals surface area contributed by atoms with Crippen molar-refractivity contribution in [2.24, 2.45) is 0 Å². The van der Waals surface area contributed by atoms with E-state index in [1.807, 2.05) is 0 Å². The van der Waals surface area contributed by atoms with Gasteiger partial charge in [0.2, 0.25) is 11.3 Å². The minimum absolute atomic E-state index is 0.549. The maximum atomic E-state index is 11.9. The van der Waals surface area contributed by atoms with Crippen molar-refractivity contribution in [1.29, 1.82) is 0 Å². The smallest absolute Gasteiger partial charge is 0.276 e. The first-order valence-electron chi connectivity index (χ1n) is 2.77. The summed E-state index contributed by atoms with van der Waals surface area (Å²) in [5.74, 6) is 0. The molecule has 0 radical (unpaired) electrons. The van der Waals surface area contributed by atoms with Crippen molar-refractivity contribution in [2.45, 2.75) is 12.2 Å². The molecule has 0 bridgehead atoms. The number of rotatable bonds is 0. The Hall–Kier alpha value is -0.140. The highest BCUT2D eigenvalue weighted by Crippen LogP contribution is 2.28. The van der Waals surface area contributed by atoms with Crippen molar-refractivity contribution in [2.75, 3.05) is 13.7 Å². The van der Waals surface area contributed by atoms with E-state index in [2.05, 4.69) is 4.18 Å². The van der Waals surface area contributed by atoms with Crippen LogP contribution in [0.3, 0.4) is 0 Å². The number of likely N-dealkylation sites (N-methyl/N-ethyl adjacent to an activating group) is 1. The van der Waals surface area contributed by atoms with Crippen molar-refractivity contribution in [3.8, 4) is 0 Å². The standard InChI is InChI=1S/C4H6F3NO2S/c1-8-3(4(5,6)7)2-10-11(8)9/h3H,2H2,1H3. The number of halogens is 3. The molecule has 1 rings (SSSR count). The summed E-state index contributed by atoms with van der Waals surface area (Å²) in [6.45, 7) is -0.549. The normalized spacial score (nSPS) is 34.5. The van der Waals surface area contributed by atoms with Gasteiger partial charge in [-0.3, -0.25) is 4.18 Å². The summed E-state index contributed by atoms with van der Waals surface area (Å²) in [4.78, 5) is 0. The molecule has 1 fully saturated rings. The summed E-state index contributed by atoms with van der Waals surface area (Å²) in [5.41, 5.74) is 0. The molecule has 0 saturated carbocycles. The van der Waals surface area contributed by atoms with Crippen molar-refractivity contribution in [3.63, 3.8) is 0 Å². The molecule has 1 aliphatic rings. The fourth-order valence-electron chi connectivity index (χ4n) is 0.715. The highest BCUT2D eigenvalue weighted by atomic mass is 32.2. The van der Waals surface area contributed by atoms with Crippen molar-refractivity contribution >= 4 is 11.3 Å². The lowest BCUT2D eigenvalue weighted by molar-refractivity contribution is -0.167. The molecule has 1 aliphatic heterocycles. The highest BCUT2D eigenvalue weighted by Gasteiger charge is 2.48. The first kappa shape index (κ1) is 8.95. The van der Waals surface area contributed by atoms with Crippen LogP contribution in [0, 0.1) is 0 Å². The highest BCUT2D eigenvalue weighted by molar-refractivity contribution is 7.77. The van der Waals surface area contributed by atoms with E-state index in [1.165, 1.54) is 0 Å². The molecule has 2 unspecified atom stereocenters. The van der Waals surface area contributed by atoms with Gasteiger partial charge in [0, 0.05) is 7.05 Å². The zero-order valence-corrected chi connectivity index (χ0v) is 6.41. The van der Waals surface area contributed by atoms with Gasteiger partial charge in [-0.2, -0.15) is 17.5 Å². The van der Waals surface area contributed by atoms with Gasteiger partial charge < -0.3 is 0 Å². The maximum Gasteiger partial charge on any atom is 0.407 e. The minimum Gasteiger partial charge on any atom is -0.276 e. The molecule has 7 heteroatoms. The second-order valence-corrected chi connectivity index (χ2v) is 3.35. The van der Waals surface area contributed by atoms with Gasteiger partial charge in [-0.05, 0) is 0 Å². The lowest BCUT2D eigenvalue weighted by atomic mass is 10.3.